The number of benzene rings is 2. The van der Waals surface area contributed by atoms with Crippen LogP contribution < -0.4 is 4.74 Å². The summed E-state index contributed by atoms with van der Waals surface area (Å²) < 4.78 is 5.88. The summed E-state index contributed by atoms with van der Waals surface area (Å²) in [5.74, 6) is -0.486. The van der Waals surface area contributed by atoms with E-state index in [0.717, 1.165) is 33.6 Å². The second kappa shape index (κ2) is 7.32. The van der Waals surface area contributed by atoms with Crippen molar-refractivity contribution in [2.24, 2.45) is 0 Å². The Bertz CT molecular complexity index is 684. The first-order chi connectivity index (χ1) is 10.9. The smallest absolute Gasteiger partial charge is 0.311 e. The van der Waals surface area contributed by atoms with Gasteiger partial charge in [0.2, 0.25) is 0 Å². The summed E-state index contributed by atoms with van der Waals surface area (Å²) in [6, 6.07) is 11.9. The third-order valence-electron chi connectivity index (χ3n) is 4.17. The zero-order valence-corrected chi connectivity index (χ0v) is 14.2. The molecule has 23 heavy (non-hydrogen) atoms. The molecule has 1 unspecified atom stereocenters. The van der Waals surface area contributed by atoms with Crippen LogP contribution in [0.2, 0.25) is 0 Å². The van der Waals surface area contributed by atoms with Gasteiger partial charge in [-0.2, -0.15) is 0 Å². The summed E-state index contributed by atoms with van der Waals surface area (Å²) in [6.45, 7) is 8.32. The van der Waals surface area contributed by atoms with Gasteiger partial charge in [0.1, 0.15) is 5.75 Å². The Balaban J connectivity index is 2.12. The number of rotatable bonds is 6. The molecule has 2 rings (SSSR count). The molecule has 0 aliphatic rings. The summed E-state index contributed by atoms with van der Waals surface area (Å²) in [6.07, 6.45) is 0.452. The number of carboxylic acid groups (broad SMARTS) is 1. The number of hydrogen-bond donors (Lipinski definition) is 1. The van der Waals surface area contributed by atoms with E-state index in [2.05, 4.69) is 0 Å². The van der Waals surface area contributed by atoms with Crippen molar-refractivity contribution in [3.05, 3.63) is 64.2 Å². The molecular weight excluding hydrogens is 288 g/mol. The van der Waals surface area contributed by atoms with Gasteiger partial charge in [0.15, 0.2) is 0 Å². The molecule has 0 spiro atoms. The topological polar surface area (TPSA) is 46.5 Å². The maximum Gasteiger partial charge on any atom is 0.311 e. The first-order valence-electron chi connectivity index (χ1n) is 7.89. The molecule has 3 heteroatoms. The van der Waals surface area contributed by atoms with Gasteiger partial charge in [-0.05, 0) is 56.4 Å². The van der Waals surface area contributed by atoms with Crippen LogP contribution in [0.4, 0.5) is 0 Å². The molecule has 0 amide bonds. The molecule has 0 heterocycles. The van der Waals surface area contributed by atoms with E-state index in [1.165, 1.54) is 0 Å². The quantitative estimate of drug-likeness (QED) is 0.850. The van der Waals surface area contributed by atoms with Gasteiger partial charge >= 0.3 is 5.97 Å². The predicted octanol–water partition coefficient (Wildman–Crippen LogP) is 4.56. The van der Waals surface area contributed by atoms with E-state index in [4.69, 9.17) is 4.74 Å². The van der Waals surface area contributed by atoms with Crippen molar-refractivity contribution >= 4 is 5.97 Å². The highest BCUT2D eigenvalue weighted by atomic mass is 16.5. The Kier molecular flexibility index (Phi) is 5.43. The van der Waals surface area contributed by atoms with Gasteiger partial charge in [-0.25, -0.2) is 0 Å². The molecule has 0 aliphatic heterocycles. The average Bonchev–Trinajstić information content (AvgIpc) is 2.48. The third-order valence-corrected chi connectivity index (χ3v) is 4.17. The zero-order valence-electron chi connectivity index (χ0n) is 14.2. The van der Waals surface area contributed by atoms with E-state index in [-0.39, 0.29) is 0 Å². The molecule has 122 valence electrons. The van der Waals surface area contributed by atoms with Gasteiger partial charge in [0, 0.05) is 0 Å². The minimum atomic E-state index is -0.802. The van der Waals surface area contributed by atoms with E-state index < -0.39 is 11.9 Å². The Morgan fingerprint density at radius 2 is 1.70 bits per heavy atom. The normalized spacial score (nSPS) is 12.0. The number of aryl methyl sites for hydroxylation is 4. The third kappa shape index (κ3) is 4.13. The number of ether oxygens (including phenoxy) is 1. The van der Waals surface area contributed by atoms with Crippen molar-refractivity contribution in [3.8, 4) is 5.75 Å². The molecular formula is C20H24O3. The van der Waals surface area contributed by atoms with E-state index in [0.29, 0.717) is 13.0 Å². The molecule has 0 radical (unpaired) electrons. The highest BCUT2D eigenvalue weighted by Crippen LogP contribution is 2.27. The fourth-order valence-corrected chi connectivity index (χ4v) is 2.85. The van der Waals surface area contributed by atoms with Crippen LogP contribution in [0.5, 0.6) is 5.75 Å². The van der Waals surface area contributed by atoms with Crippen LogP contribution in [-0.2, 0) is 4.79 Å². The lowest BCUT2D eigenvalue weighted by molar-refractivity contribution is -0.139. The number of aliphatic carboxylic acids is 1. The molecule has 0 aliphatic carbocycles. The lowest BCUT2D eigenvalue weighted by atomic mass is 9.91. The van der Waals surface area contributed by atoms with E-state index in [1.807, 2.05) is 64.1 Å². The highest BCUT2D eigenvalue weighted by Gasteiger charge is 2.22. The maximum absolute atomic E-state index is 11.7. The van der Waals surface area contributed by atoms with Crippen molar-refractivity contribution in [2.75, 3.05) is 6.61 Å². The summed E-state index contributed by atoms with van der Waals surface area (Å²) in [4.78, 5) is 11.7. The molecule has 0 saturated carbocycles. The molecule has 0 aromatic heterocycles. The molecule has 0 bridgehead atoms. The SMILES string of the molecule is Cc1ccc(C)c(C(CCOc2c(C)cccc2C)C(=O)O)c1. The molecule has 0 saturated heterocycles. The van der Waals surface area contributed by atoms with Crippen LogP contribution in [0.15, 0.2) is 36.4 Å². The minimum Gasteiger partial charge on any atom is -0.493 e. The van der Waals surface area contributed by atoms with Crippen molar-refractivity contribution in [3.63, 3.8) is 0 Å². The van der Waals surface area contributed by atoms with Gasteiger partial charge < -0.3 is 9.84 Å². The first kappa shape index (κ1) is 17.1. The Labute approximate surface area is 137 Å². The van der Waals surface area contributed by atoms with Crippen molar-refractivity contribution in [1.82, 2.24) is 0 Å². The second-order valence-electron chi connectivity index (χ2n) is 6.11. The summed E-state index contributed by atoms with van der Waals surface area (Å²) >= 11 is 0. The number of carboxylic acids is 1. The minimum absolute atomic E-state index is 0.385. The average molecular weight is 312 g/mol. The Morgan fingerprint density at radius 3 is 2.30 bits per heavy atom. The number of carbonyl (C=O) groups is 1. The van der Waals surface area contributed by atoms with E-state index in [1.54, 1.807) is 0 Å². The summed E-state index contributed by atoms with van der Waals surface area (Å²) in [7, 11) is 0. The van der Waals surface area contributed by atoms with Gasteiger partial charge in [0.05, 0.1) is 12.5 Å². The predicted molar refractivity (Wildman–Crippen MR) is 92.3 cm³/mol. The Hall–Kier alpha value is -2.29. The summed E-state index contributed by atoms with van der Waals surface area (Å²) in [5, 5.41) is 9.59. The Morgan fingerprint density at radius 1 is 1.04 bits per heavy atom. The van der Waals surface area contributed by atoms with Crippen LogP contribution in [-0.4, -0.2) is 17.7 Å². The van der Waals surface area contributed by atoms with Crippen LogP contribution in [0.25, 0.3) is 0 Å². The molecule has 2 aromatic carbocycles. The molecule has 2 aromatic rings. The van der Waals surface area contributed by atoms with Crippen molar-refractivity contribution in [2.45, 2.75) is 40.0 Å². The van der Waals surface area contributed by atoms with Crippen molar-refractivity contribution < 1.29 is 14.6 Å². The van der Waals surface area contributed by atoms with Crippen LogP contribution in [0.1, 0.15) is 40.2 Å². The fourth-order valence-electron chi connectivity index (χ4n) is 2.85. The second-order valence-corrected chi connectivity index (χ2v) is 6.11. The van der Waals surface area contributed by atoms with Gasteiger partial charge in [-0.1, -0.05) is 42.0 Å². The standard InChI is InChI=1S/C20H24O3/c1-13-8-9-14(2)18(12-13)17(20(21)22)10-11-23-19-15(3)6-5-7-16(19)4/h5-9,12,17H,10-11H2,1-4H3,(H,21,22). The summed E-state index contributed by atoms with van der Waals surface area (Å²) in [5.41, 5.74) is 5.11. The molecule has 1 N–H and O–H groups in total. The van der Waals surface area contributed by atoms with E-state index >= 15 is 0 Å². The monoisotopic (exact) mass is 312 g/mol. The van der Waals surface area contributed by atoms with Crippen molar-refractivity contribution in [1.29, 1.82) is 0 Å². The van der Waals surface area contributed by atoms with Gasteiger partial charge in [-0.15, -0.1) is 0 Å². The molecule has 0 fully saturated rings. The van der Waals surface area contributed by atoms with Crippen LogP contribution >= 0.6 is 0 Å². The largest absolute Gasteiger partial charge is 0.493 e. The first-order valence-corrected chi connectivity index (χ1v) is 7.89. The molecule has 3 nitrogen and oxygen atoms in total. The lowest BCUT2D eigenvalue weighted by Gasteiger charge is -2.18. The zero-order chi connectivity index (χ0) is 17.0. The van der Waals surface area contributed by atoms with Crippen LogP contribution in [0, 0.1) is 27.7 Å². The lowest BCUT2D eigenvalue weighted by Crippen LogP contribution is -2.16. The van der Waals surface area contributed by atoms with Gasteiger partial charge in [-0.3, -0.25) is 4.79 Å². The highest BCUT2D eigenvalue weighted by molar-refractivity contribution is 5.76. The van der Waals surface area contributed by atoms with Crippen LogP contribution in [0.3, 0.4) is 0 Å². The maximum atomic E-state index is 11.7. The fraction of sp³-hybridized carbons (Fsp3) is 0.350. The van der Waals surface area contributed by atoms with Gasteiger partial charge in [0.25, 0.3) is 0 Å². The number of hydrogen-bond acceptors (Lipinski definition) is 2. The molecule has 1 atom stereocenters. The van der Waals surface area contributed by atoms with E-state index in [9.17, 15) is 9.90 Å². The number of para-hydroxylation sites is 1.